The molecule has 0 unspecified atom stereocenters. The Morgan fingerprint density at radius 2 is 0.960 bits per heavy atom. The van der Waals surface area contributed by atoms with E-state index in [2.05, 4.69) is 62.3 Å². The van der Waals surface area contributed by atoms with Gasteiger partial charge >= 0.3 is 59.2 Å². The van der Waals surface area contributed by atoms with Gasteiger partial charge in [-0.2, -0.15) is 0 Å². The van der Waals surface area contributed by atoms with Crippen molar-refractivity contribution in [1.29, 1.82) is 0 Å². The molecule has 0 aliphatic carbocycles. The zero-order chi connectivity index (χ0) is 19.3. The van der Waals surface area contributed by atoms with Crippen LogP contribution in [0.15, 0.2) is 24.3 Å². The molecular formula is C20H43GeHfO3-. The van der Waals surface area contributed by atoms with Crippen LogP contribution in [0.2, 0.25) is 17.3 Å². The van der Waals surface area contributed by atoms with Crippen molar-refractivity contribution in [3.8, 4) is 0 Å². The molecule has 0 saturated carbocycles. The van der Waals surface area contributed by atoms with Crippen LogP contribution in [-0.4, -0.2) is 48.4 Å². The van der Waals surface area contributed by atoms with Crippen molar-refractivity contribution in [3.63, 3.8) is 0 Å². The van der Waals surface area contributed by atoms with Crippen LogP contribution >= 0.6 is 0 Å². The quantitative estimate of drug-likeness (QED) is 0.332. The number of rotatable bonds is 7. The summed E-state index contributed by atoms with van der Waals surface area (Å²) in [5, 5.41) is 24.2. The Morgan fingerprint density at radius 1 is 0.680 bits per heavy atom. The van der Waals surface area contributed by atoms with E-state index in [9.17, 15) is 0 Å². The van der Waals surface area contributed by atoms with Crippen molar-refractivity contribution in [1.82, 2.24) is 0 Å². The molecule has 0 fully saturated rings. The Kier molecular flexibility index (Phi) is 35.7. The van der Waals surface area contributed by atoms with Gasteiger partial charge in [-0.1, -0.05) is 40.0 Å². The predicted octanol–water partition coefficient (Wildman–Crippen LogP) is 4.28. The van der Waals surface area contributed by atoms with E-state index in [0.29, 0.717) is 19.8 Å². The van der Waals surface area contributed by atoms with Crippen LogP contribution in [0, 0.1) is 0 Å². The third-order valence-corrected chi connectivity index (χ3v) is 7.40. The van der Waals surface area contributed by atoms with Gasteiger partial charge in [-0.25, -0.2) is 0 Å². The molecule has 3 N–H and O–H groups in total. The molecule has 0 aliphatic heterocycles. The van der Waals surface area contributed by atoms with Crippen molar-refractivity contribution in [2.24, 2.45) is 0 Å². The van der Waals surface area contributed by atoms with Crippen molar-refractivity contribution in [3.05, 3.63) is 24.3 Å². The SMILES string of the molecule is CCCCO.CCCCO.CCCCO.[CH3][Ge]([CH3])([CH3])[c-]1cccc1.[Hf]. The van der Waals surface area contributed by atoms with Gasteiger partial charge in [0.05, 0.1) is 0 Å². The van der Waals surface area contributed by atoms with Gasteiger partial charge < -0.3 is 15.3 Å². The summed E-state index contributed by atoms with van der Waals surface area (Å²) in [5.41, 5.74) is 0. The Bertz CT molecular complexity index is 278. The second kappa shape index (κ2) is 26.9. The third kappa shape index (κ3) is 32.7. The average Bonchev–Trinajstić information content (AvgIpc) is 3.06. The molecule has 150 valence electrons. The van der Waals surface area contributed by atoms with Crippen LogP contribution in [0.3, 0.4) is 0 Å². The maximum absolute atomic E-state index is 8.07. The summed E-state index contributed by atoms with van der Waals surface area (Å²) < 4.78 is 1.61. The fourth-order valence-corrected chi connectivity index (χ4v) is 3.85. The van der Waals surface area contributed by atoms with Gasteiger partial charge in [0.25, 0.3) is 0 Å². The summed E-state index contributed by atoms with van der Waals surface area (Å²) in [7, 11) is 0. The van der Waals surface area contributed by atoms with Gasteiger partial charge in [-0.05, 0) is 19.3 Å². The zero-order valence-corrected chi connectivity index (χ0v) is 23.2. The minimum atomic E-state index is -1.44. The standard InChI is InChI=1S/C8H13Ge.3C4H10O.Hf/c1-9(2,3)8-6-4-5-7-8;3*1-2-3-4-5;/h4-7H,1-3H3;3*5H,2-4H2,1H3;/q-1;;;;. The molecule has 3 nitrogen and oxygen atoms in total. The molecule has 1 rings (SSSR count). The Labute approximate surface area is 178 Å². The topological polar surface area (TPSA) is 60.7 Å². The smallest absolute Gasteiger partial charge is 0 e. The number of aliphatic hydroxyl groups is 3. The van der Waals surface area contributed by atoms with Gasteiger partial charge in [0.15, 0.2) is 0 Å². The van der Waals surface area contributed by atoms with E-state index in [1.165, 1.54) is 0 Å². The molecular weight excluding hydrogens is 539 g/mol. The van der Waals surface area contributed by atoms with Gasteiger partial charge in [-0.3, -0.25) is 0 Å². The maximum Gasteiger partial charge on any atom is 0 e. The van der Waals surface area contributed by atoms with E-state index in [4.69, 9.17) is 15.3 Å². The molecule has 25 heavy (non-hydrogen) atoms. The summed E-state index contributed by atoms with van der Waals surface area (Å²) in [5.74, 6) is 7.24. The summed E-state index contributed by atoms with van der Waals surface area (Å²) in [4.78, 5) is 0. The molecule has 1 aromatic rings. The van der Waals surface area contributed by atoms with Crippen molar-refractivity contribution >= 4 is 17.7 Å². The molecule has 1 aromatic carbocycles. The second-order valence-corrected chi connectivity index (χ2v) is 17.3. The molecule has 0 saturated heterocycles. The van der Waals surface area contributed by atoms with E-state index < -0.39 is 13.3 Å². The number of unbranched alkanes of at least 4 members (excludes halogenated alkanes) is 3. The number of aliphatic hydroxyl groups excluding tert-OH is 3. The van der Waals surface area contributed by atoms with E-state index in [-0.39, 0.29) is 25.8 Å². The molecule has 0 aliphatic rings. The average molecular weight is 583 g/mol. The van der Waals surface area contributed by atoms with Crippen LogP contribution in [0.25, 0.3) is 0 Å². The van der Waals surface area contributed by atoms with Crippen LogP contribution in [0.1, 0.15) is 59.3 Å². The van der Waals surface area contributed by atoms with E-state index in [0.717, 1.165) is 38.5 Å². The van der Waals surface area contributed by atoms with Crippen LogP contribution in [0.4, 0.5) is 0 Å². The molecule has 0 radical (unpaired) electrons. The second-order valence-electron chi connectivity index (χ2n) is 6.66. The summed E-state index contributed by atoms with van der Waals surface area (Å²) in [6.45, 7) is 7.19. The van der Waals surface area contributed by atoms with Crippen molar-refractivity contribution < 1.29 is 41.2 Å². The van der Waals surface area contributed by atoms with Crippen LogP contribution in [0.5, 0.6) is 0 Å². The fraction of sp³-hybridized carbons (Fsp3) is 0.750. The van der Waals surface area contributed by atoms with E-state index in [1.54, 1.807) is 4.40 Å². The normalized spacial score (nSPS) is 9.32. The summed E-state index contributed by atoms with van der Waals surface area (Å²) >= 11 is -1.44. The molecule has 0 heterocycles. The first-order valence-electron chi connectivity index (χ1n) is 9.40. The predicted molar refractivity (Wildman–Crippen MR) is 111 cm³/mol. The van der Waals surface area contributed by atoms with Gasteiger partial charge in [0.2, 0.25) is 0 Å². The van der Waals surface area contributed by atoms with Crippen molar-refractivity contribution in [2.45, 2.75) is 76.6 Å². The molecule has 0 atom stereocenters. The molecule has 5 heteroatoms. The number of hydrogen-bond donors (Lipinski definition) is 3. The first-order valence-corrected chi connectivity index (χ1v) is 16.7. The third-order valence-electron chi connectivity index (χ3n) is 3.06. The van der Waals surface area contributed by atoms with Crippen LogP contribution < -0.4 is 4.40 Å². The Morgan fingerprint density at radius 3 is 1.04 bits per heavy atom. The van der Waals surface area contributed by atoms with Gasteiger partial charge in [0.1, 0.15) is 0 Å². The van der Waals surface area contributed by atoms with Crippen LogP contribution in [-0.2, 0) is 25.8 Å². The fourth-order valence-electron chi connectivity index (χ4n) is 1.35. The summed E-state index contributed by atoms with van der Waals surface area (Å²) in [6, 6.07) is 8.76. The van der Waals surface area contributed by atoms with Crippen molar-refractivity contribution in [2.75, 3.05) is 19.8 Å². The minimum absolute atomic E-state index is 0. The molecule has 0 spiro atoms. The maximum atomic E-state index is 8.07. The first-order chi connectivity index (χ1) is 11.3. The van der Waals surface area contributed by atoms with Gasteiger partial charge in [-0.15, -0.1) is 0 Å². The molecule has 0 amide bonds. The Hall–Kier alpha value is 0.643. The zero-order valence-electron chi connectivity index (χ0n) is 17.5. The molecule has 0 aromatic heterocycles. The minimum Gasteiger partial charge on any atom is 0 e. The van der Waals surface area contributed by atoms with Gasteiger partial charge in [0, 0.05) is 45.7 Å². The Balaban J connectivity index is -0.000000122. The largest absolute Gasteiger partial charge is 0 e. The number of hydrogen-bond acceptors (Lipinski definition) is 3. The first kappa shape index (κ1) is 33.2. The summed E-state index contributed by atoms with van der Waals surface area (Å²) in [6.07, 6.45) is 6.11. The van der Waals surface area contributed by atoms with E-state index in [1.807, 2.05) is 0 Å². The molecule has 0 bridgehead atoms. The monoisotopic (exact) mass is 585 g/mol. The van der Waals surface area contributed by atoms with E-state index >= 15 is 0 Å².